The van der Waals surface area contributed by atoms with E-state index in [4.69, 9.17) is 9.47 Å². The number of nitrogens with zero attached hydrogens (tertiary/aromatic N) is 2. The molecule has 0 saturated carbocycles. The van der Waals surface area contributed by atoms with Crippen LogP contribution in [0, 0.1) is 0 Å². The van der Waals surface area contributed by atoms with Crippen LogP contribution in [0.5, 0.6) is 5.75 Å². The molecule has 1 aromatic rings. The van der Waals surface area contributed by atoms with Crippen LogP contribution in [0.4, 0.5) is 0 Å². The predicted molar refractivity (Wildman–Crippen MR) is 74.8 cm³/mol. The minimum atomic E-state index is -0.187. The van der Waals surface area contributed by atoms with E-state index < -0.39 is 0 Å². The Morgan fingerprint density at radius 3 is 2.30 bits per heavy atom. The third-order valence-corrected chi connectivity index (χ3v) is 2.68. The number of aromatic hydroxyl groups is 1. The molecule has 0 radical (unpaired) electrons. The van der Waals surface area contributed by atoms with Gasteiger partial charge in [0.25, 0.3) is 5.91 Å². The lowest BCUT2D eigenvalue weighted by molar-refractivity contribution is 0.0549. The molecule has 1 amide bonds. The molecule has 1 aromatic heterocycles. The fraction of sp³-hybridized carbons (Fsp3) is 0.571. The van der Waals surface area contributed by atoms with Gasteiger partial charge in [-0.2, -0.15) is 0 Å². The topological polar surface area (TPSA) is 71.9 Å². The Kier molecular flexibility index (Phi) is 7.60. The smallest absolute Gasteiger partial charge is 0.255 e. The number of ether oxygens (including phenoxy) is 2. The van der Waals surface area contributed by atoms with Crippen LogP contribution in [-0.2, 0) is 9.47 Å². The Morgan fingerprint density at radius 2 is 1.80 bits per heavy atom. The maximum absolute atomic E-state index is 12.3. The van der Waals surface area contributed by atoms with Gasteiger partial charge in [-0.3, -0.25) is 9.78 Å². The Morgan fingerprint density at radius 1 is 1.20 bits per heavy atom. The third-order valence-electron chi connectivity index (χ3n) is 2.68. The molecule has 1 heterocycles. The fourth-order valence-electron chi connectivity index (χ4n) is 1.68. The predicted octanol–water partition coefficient (Wildman–Crippen LogP) is 1.30. The molecule has 20 heavy (non-hydrogen) atoms. The Labute approximate surface area is 119 Å². The molecule has 0 unspecified atom stereocenters. The van der Waals surface area contributed by atoms with E-state index in [2.05, 4.69) is 4.98 Å². The normalized spacial score (nSPS) is 10.5. The van der Waals surface area contributed by atoms with E-state index in [1.165, 1.54) is 18.5 Å². The molecule has 0 aliphatic rings. The zero-order valence-corrected chi connectivity index (χ0v) is 12.0. The quantitative estimate of drug-likeness (QED) is 0.691. The lowest BCUT2D eigenvalue weighted by atomic mass is 10.2. The maximum Gasteiger partial charge on any atom is 0.255 e. The zero-order valence-electron chi connectivity index (χ0n) is 12.0. The second-order valence-corrected chi connectivity index (χ2v) is 4.12. The highest BCUT2D eigenvalue weighted by molar-refractivity contribution is 5.94. The molecule has 0 aliphatic carbocycles. The maximum atomic E-state index is 12.3. The lowest BCUT2D eigenvalue weighted by Crippen LogP contribution is -2.36. The molecule has 0 aromatic carbocycles. The van der Waals surface area contributed by atoms with Crippen molar-refractivity contribution in [2.24, 2.45) is 0 Å². The number of carbonyl (C=O) groups is 1. The first kappa shape index (κ1) is 16.4. The summed E-state index contributed by atoms with van der Waals surface area (Å²) in [4.78, 5) is 17.8. The molecule has 0 aliphatic heterocycles. The van der Waals surface area contributed by atoms with Gasteiger partial charge >= 0.3 is 0 Å². The van der Waals surface area contributed by atoms with Crippen LogP contribution in [-0.4, -0.2) is 60.4 Å². The summed E-state index contributed by atoms with van der Waals surface area (Å²) in [6, 6.07) is 1.41. The number of hydrogen-bond donors (Lipinski definition) is 1. The molecule has 1 rings (SSSR count). The number of pyridine rings is 1. The van der Waals surface area contributed by atoms with Crippen molar-refractivity contribution in [3.05, 3.63) is 24.0 Å². The molecule has 6 nitrogen and oxygen atoms in total. The van der Waals surface area contributed by atoms with Crippen LogP contribution in [0.1, 0.15) is 24.2 Å². The average molecular weight is 282 g/mol. The molecule has 0 fully saturated rings. The van der Waals surface area contributed by atoms with Crippen molar-refractivity contribution in [2.75, 3.05) is 39.5 Å². The average Bonchev–Trinajstić information content (AvgIpc) is 2.45. The highest BCUT2D eigenvalue weighted by Crippen LogP contribution is 2.11. The van der Waals surface area contributed by atoms with Gasteiger partial charge in [0.2, 0.25) is 0 Å². The summed E-state index contributed by atoms with van der Waals surface area (Å²) in [7, 11) is 0. The van der Waals surface area contributed by atoms with Gasteiger partial charge in [0.05, 0.1) is 25.0 Å². The SMILES string of the molecule is CCOCCN(CCOCC)C(=O)c1cncc(O)c1. The molecule has 6 heteroatoms. The molecular weight excluding hydrogens is 260 g/mol. The minimum Gasteiger partial charge on any atom is -0.506 e. The van der Waals surface area contributed by atoms with Crippen LogP contribution in [0.25, 0.3) is 0 Å². The first-order valence-electron chi connectivity index (χ1n) is 6.77. The Hall–Kier alpha value is -1.66. The summed E-state index contributed by atoms with van der Waals surface area (Å²) in [5, 5.41) is 9.39. The minimum absolute atomic E-state index is 0.0228. The monoisotopic (exact) mass is 282 g/mol. The summed E-state index contributed by atoms with van der Waals surface area (Å²) in [5.74, 6) is -0.210. The number of aromatic nitrogens is 1. The van der Waals surface area contributed by atoms with Crippen LogP contribution >= 0.6 is 0 Å². The Balaban J connectivity index is 2.66. The van der Waals surface area contributed by atoms with Crippen molar-refractivity contribution >= 4 is 5.91 Å². The molecule has 0 bridgehead atoms. The van der Waals surface area contributed by atoms with Crippen molar-refractivity contribution < 1.29 is 19.4 Å². The van der Waals surface area contributed by atoms with Gasteiger partial charge in [-0.1, -0.05) is 0 Å². The zero-order chi connectivity index (χ0) is 14.8. The van der Waals surface area contributed by atoms with E-state index in [0.717, 1.165) is 0 Å². The number of carbonyl (C=O) groups excluding carboxylic acids is 1. The molecule has 0 spiro atoms. The molecule has 0 saturated heterocycles. The summed E-state index contributed by atoms with van der Waals surface area (Å²) < 4.78 is 10.6. The number of hydrogen-bond acceptors (Lipinski definition) is 5. The molecule has 0 atom stereocenters. The number of rotatable bonds is 9. The highest BCUT2D eigenvalue weighted by atomic mass is 16.5. The molecular formula is C14H22N2O4. The van der Waals surface area contributed by atoms with Crippen LogP contribution in [0.15, 0.2) is 18.5 Å². The first-order valence-corrected chi connectivity index (χ1v) is 6.77. The van der Waals surface area contributed by atoms with Crippen LogP contribution < -0.4 is 0 Å². The Bertz CT molecular complexity index is 402. The summed E-state index contributed by atoms with van der Waals surface area (Å²) >= 11 is 0. The second-order valence-electron chi connectivity index (χ2n) is 4.12. The summed E-state index contributed by atoms with van der Waals surface area (Å²) in [5.41, 5.74) is 0.359. The fourth-order valence-corrected chi connectivity index (χ4v) is 1.68. The van der Waals surface area contributed by atoms with Crippen molar-refractivity contribution in [3.8, 4) is 5.75 Å². The van der Waals surface area contributed by atoms with Gasteiger partial charge in [-0.25, -0.2) is 0 Å². The van der Waals surface area contributed by atoms with E-state index in [-0.39, 0.29) is 11.7 Å². The molecule has 1 N–H and O–H groups in total. The van der Waals surface area contributed by atoms with E-state index in [0.29, 0.717) is 45.1 Å². The van der Waals surface area contributed by atoms with Gasteiger partial charge in [-0.05, 0) is 19.9 Å². The van der Waals surface area contributed by atoms with E-state index >= 15 is 0 Å². The number of amides is 1. The van der Waals surface area contributed by atoms with Gasteiger partial charge in [0.15, 0.2) is 0 Å². The summed E-state index contributed by atoms with van der Waals surface area (Å²) in [6.45, 7) is 6.95. The van der Waals surface area contributed by atoms with Crippen LogP contribution in [0.2, 0.25) is 0 Å². The largest absolute Gasteiger partial charge is 0.506 e. The second kappa shape index (κ2) is 9.28. The van der Waals surface area contributed by atoms with Gasteiger partial charge in [0.1, 0.15) is 5.75 Å². The van der Waals surface area contributed by atoms with Crippen molar-refractivity contribution in [1.82, 2.24) is 9.88 Å². The van der Waals surface area contributed by atoms with Gasteiger partial charge < -0.3 is 19.5 Å². The van der Waals surface area contributed by atoms with E-state index in [1.54, 1.807) is 4.90 Å². The third kappa shape index (κ3) is 5.54. The van der Waals surface area contributed by atoms with Gasteiger partial charge in [-0.15, -0.1) is 0 Å². The van der Waals surface area contributed by atoms with E-state index in [1.807, 2.05) is 13.8 Å². The lowest BCUT2D eigenvalue weighted by Gasteiger charge is -2.22. The first-order chi connectivity index (χ1) is 9.69. The highest BCUT2D eigenvalue weighted by Gasteiger charge is 2.16. The van der Waals surface area contributed by atoms with E-state index in [9.17, 15) is 9.90 Å². The standard InChI is InChI=1S/C14H22N2O4/c1-3-19-7-5-16(6-8-20-4-2)14(18)12-9-13(17)11-15-10-12/h9-11,17H,3-8H2,1-2H3. The summed E-state index contributed by atoms with van der Waals surface area (Å²) in [6.07, 6.45) is 2.73. The van der Waals surface area contributed by atoms with Crippen molar-refractivity contribution in [3.63, 3.8) is 0 Å². The van der Waals surface area contributed by atoms with Crippen LogP contribution in [0.3, 0.4) is 0 Å². The molecule has 112 valence electrons. The van der Waals surface area contributed by atoms with Gasteiger partial charge in [0, 0.05) is 32.5 Å². The van der Waals surface area contributed by atoms with Crippen molar-refractivity contribution in [1.29, 1.82) is 0 Å². The van der Waals surface area contributed by atoms with Crippen molar-refractivity contribution in [2.45, 2.75) is 13.8 Å².